The minimum Gasteiger partial charge on any atom is -0.497 e. The summed E-state index contributed by atoms with van der Waals surface area (Å²) < 4.78 is 15.0. The number of cyclic esters (lactones) is 2. The predicted molar refractivity (Wildman–Crippen MR) is 75.5 cm³/mol. The number of nitrogens with one attached hydrogen (secondary N) is 1. The second-order valence-electron chi connectivity index (χ2n) is 4.90. The van der Waals surface area contributed by atoms with Crippen molar-refractivity contribution in [1.29, 1.82) is 5.26 Å². The summed E-state index contributed by atoms with van der Waals surface area (Å²) in [6.07, 6.45) is 0. The fourth-order valence-electron chi connectivity index (χ4n) is 1.85. The fourth-order valence-corrected chi connectivity index (χ4v) is 1.85. The van der Waals surface area contributed by atoms with Crippen molar-refractivity contribution in [3.63, 3.8) is 0 Å². The first kappa shape index (κ1) is 15.4. The molecule has 0 aromatic heterocycles. The Morgan fingerprint density at radius 2 is 1.91 bits per heavy atom. The van der Waals surface area contributed by atoms with Gasteiger partial charge in [0.1, 0.15) is 17.5 Å². The van der Waals surface area contributed by atoms with E-state index in [1.807, 2.05) is 0 Å². The smallest absolute Gasteiger partial charge is 0.351 e. The zero-order chi connectivity index (χ0) is 16.3. The maximum atomic E-state index is 11.9. The summed E-state index contributed by atoms with van der Waals surface area (Å²) in [4.78, 5) is 23.9. The largest absolute Gasteiger partial charge is 0.497 e. The number of hydrogen-bond donors (Lipinski definition) is 1. The van der Waals surface area contributed by atoms with Crippen LogP contribution < -0.4 is 10.1 Å². The average molecular weight is 302 g/mol. The number of nitrogens with zero attached hydrogens (tertiary/aromatic N) is 1. The van der Waals surface area contributed by atoms with Gasteiger partial charge in [-0.1, -0.05) is 6.07 Å². The Labute approximate surface area is 127 Å². The minimum atomic E-state index is -1.35. The van der Waals surface area contributed by atoms with Crippen LogP contribution in [0.1, 0.15) is 13.8 Å². The molecule has 0 amide bonds. The Morgan fingerprint density at radius 3 is 2.45 bits per heavy atom. The van der Waals surface area contributed by atoms with Crippen LogP contribution >= 0.6 is 0 Å². The van der Waals surface area contributed by atoms with Crippen molar-refractivity contribution in [1.82, 2.24) is 0 Å². The molecule has 0 spiro atoms. The lowest BCUT2D eigenvalue weighted by molar-refractivity contribution is -0.222. The number of hydrogen-bond acceptors (Lipinski definition) is 7. The molecular formula is C15H14N2O5. The third-order valence-electron chi connectivity index (χ3n) is 2.79. The molecule has 1 aromatic rings. The van der Waals surface area contributed by atoms with Gasteiger partial charge >= 0.3 is 11.9 Å². The minimum absolute atomic E-state index is 0.251. The van der Waals surface area contributed by atoms with Gasteiger partial charge in [-0.25, -0.2) is 9.59 Å². The molecule has 7 heteroatoms. The molecule has 0 radical (unpaired) electrons. The number of methoxy groups -OCH3 is 1. The fraction of sp³-hybridized carbons (Fsp3) is 0.267. The second-order valence-corrected chi connectivity index (χ2v) is 4.90. The Hall–Kier alpha value is -3.01. The van der Waals surface area contributed by atoms with Crippen LogP contribution in [0.25, 0.3) is 0 Å². The first-order valence-corrected chi connectivity index (χ1v) is 6.38. The van der Waals surface area contributed by atoms with Crippen molar-refractivity contribution >= 4 is 17.6 Å². The lowest BCUT2D eigenvalue weighted by Gasteiger charge is -2.30. The van der Waals surface area contributed by atoms with Gasteiger partial charge in [0.05, 0.1) is 7.11 Å². The molecule has 0 unspecified atom stereocenters. The highest BCUT2D eigenvalue weighted by Gasteiger charge is 2.41. The molecule has 7 nitrogen and oxygen atoms in total. The maximum absolute atomic E-state index is 11.9. The van der Waals surface area contributed by atoms with Crippen LogP contribution in [0.4, 0.5) is 5.69 Å². The number of esters is 2. The van der Waals surface area contributed by atoms with Gasteiger partial charge in [-0.2, -0.15) is 5.26 Å². The molecule has 1 N–H and O–H groups in total. The van der Waals surface area contributed by atoms with E-state index in [1.165, 1.54) is 21.0 Å². The molecule has 114 valence electrons. The third-order valence-corrected chi connectivity index (χ3v) is 2.79. The Kier molecular flexibility index (Phi) is 4.04. The first-order chi connectivity index (χ1) is 10.4. The molecule has 1 aromatic carbocycles. The van der Waals surface area contributed by atoms with E-state index in [9.17, 15) is 14.9 Å². The maximum Gasteiger partial charge on any atom is 0.351 e. The highest BCUT2D eigenvalue weighted by atomic mass is 16.7. The number of carbonyl (C=O) groups is 2. The number of ether oxygens (including phenoxy) is 3. The summed E-state index contributed by atoms with van der Waals surface area (Å²) in [6, 6.07) is 8.46. The van der Waals surface area contributed by atoms with E-state index in [0.717, 1.165) is 0 Å². The molecule has 22 heavy (non-hydrogen) atoms. The summed E-state index contributed by atoms with van der Waals surface area (Å²) in [5.41, 5.74) is -0.239. The summed E-state index contributed by atoms with van der Waals surface area (Å²) >= 11 is 0. The van der Waals surface area contributed by atoms with Crippen LogP contribution in [0.2, 0.25) is 0 Å². The molecule has 1 aliphatic heterocycles. The molecular weight excluding hydrogens is 288 g/mol. The lowest BCUT2D eigenvalue weighted by atomic mass is 10.1. The van der Waals surface area contributed by atoms with E-state index in [-0.39, 0.29) is 5.70 Å². The predicted octanol–water partition coefficient (Wildman–Crippen LogP) is 1.72. The van der Waals surface area contributed by atoms with Gasteiger partial charge < -0.3 is 19.5 Å². The number of benzene rings is 1. The van der Waals surface area contributed by atoms with Crippen LogP contribution in [0.5, 0.6) is 5.75 Å². The Bertz CT molecular complexity index is 678. The molecule has 0 atom stereocenters. The number of anilines is 1. The quantitative estimate of drug-likeness (QED) is 0.393. The highest BCUT2D eigenvalue weighted by Crippen LogP contribution is 2.26. The van der Waals surface area contributed by atoms with Crippen molar-refractivity contribution in [3.8, 4) is 11.8 Å². The molecule has 0 saturated carbocycles. The second kappa shape index (κ2) is 5.77. The summed E-state index contributed by atoms with van der Waals surface area (Å²) in [6.45, 7) is 2.86. The van der Waals surface area contributed by atoms with Crippen molar-refractivity contribution < 1.29 is 23.8 Å². The topological polar surface area (TPSA) is 97.7 Å². The van der Waals surface area contributed by atoms with Crippen LogP contribution in [-0.2, 0) is 19.1 Å². The van der Waals surface area contributed by atoms with E-state index in [0.29, 0.717) is 11.4 Å². The average Bonchev–Trinajstić information content (AvgIpc) is 2.44. The number of nitriles is 1. The molecule has 1 heterocycles. The van der Waals surface area contributed by atoms with Crippen LogP contribution in [0.15, 0.2) is 35.5 Å². The zero-order valence-electron chi connectivity index (χ0n) is 12.3. The van der Waals surface area contributed by atoms with Crippen molar-refractivity contribution in [3.05, 3.63) is 35.5 Å². The normalized spacial score (nSPS) is 16.2. The lowest BCUT2D eigenvalue weighted by Crippen LogP contribution is -2.42. The number of allylic oxidation sites excluding steroid dienone is 1. The van der Waals surface area contributed by atoms with Crippen molar-refractivity contribution in [2.45, 2.75) is 19.6 Å². The van der Waals surface area contributed by atoms with Gasteiger partial charge in [-0.3, -0.25) is 0 Å². The van der Waals surface area contributed by atoms with E-state index in [4.69, 9.17) is 14.2 Å². The van der Waals surface area contributed by atoms with E-state index in [2.05, 4.69) is 5.32 Å². The van der Waals surface area contributed by atoms with E-state index < -0.39 is 23.3 Å². The van der Waals surface area contributed by atoms with Crippen molar-refractivity contribution in [2.24, 2.45) is 0 Å². The third kappa shape index (κ3) is 3.17. The number of carbonyl (C=O) groups excluding carboxylic acids is 2. The number of rotatable bonds is 3. The monoisotopic (exact) mass is 302 g/mol. The first-order valence-electron chi connectivity index (χ1n) is 6.38. The SMILES string of the molecule is COc1cccc(NC(C#N)=C2C(=O)OC(C)(C)OC2=O)c1. The van der Waals surface area contributed by atoms with E-state index >= 15 is 0 Å². The van der Waals surface area contributed by atoms with Gasteiger partial charge in [-0.15, -0.1) is 0 Å². The van der Waals surface area contributed by atoms with E-state index in [1.54, 1.807) is 30.3 Å². The van der Waals surface area contributed by atoms with Crippen molar-refractivity contribution in [2.75, 3.05) is 12.4 Å². The molecule has 0 aliphatic carbocycles. The standard InChI is InChI=1S/C15H14N2O5/c1-15(2)21-13(18)12(14(19)22-15)11(8-16)17-9-5-4-6-10(7-9)20-3/h4-7,17H,1-3H3. The van der Waals surface area contributed by atoms with Crippen LogP contribution in [-0.4, -0.2) is 24.8 Å². The van der Waals surface area contributed by atoms with Crippen LogP contribution in [0.3, 0.4) is 0 Å². The van der Waals surface area contributed by atoms with Gasteiger partial charge in [0, 0.05) is 25.6 Å². The Morgan fingerprint density at radius 1 is 1.27 bits per heavy atom. The van der Waals surface area contributed by atoms with Gasteiger partial charge in [0.25, 0.3) is 5.79 Å². The molecule has 2 rings (SSSR count). The zero-order valence-corrected chi connectivity index (χ0v) is 12.3. The summed E-state index contributed by atoms with van der Waals surface area (Å²) in [5, 5.41) is 11.9. The van der Waals surface area contributed by atoms with Crippen LogP contribution in [0, 0.1) is 11.3 Å². The molecule has 1 fully saturated rings. The molecule has 1 saturated heterocycles. The van der Waals surface area contributed by atoms with Gasteiger partial charge in [0.2, 0.25) is 0 Å². The molecule has 0 bridgehead atoms. The highest BCUT2D eigenvalue weighted by molar-refractivity contribution is 6.16. The summed E-state index contributed by atoms with van der Waals surface area (Å²) in [5.74, 6) is -2.61. The van der Waals surface area contributed by atoms with Gasteiger partial charge in [-0.05, 0) is 12.1 Å². The Balaban J connectivity index is 2.36. The summed E-state index contributed by atoms with van der Waals surface area (Å²) in [7, 11) is 1.50. The molecule has 1 aliphatic rings. The van der Waals surface area contributed by atoms with Gasteiger partial charge in [0.15, 0.2) is 5.57 Å².